The quantitative estimate of drug-likeness (QED) is 0.0549. The van der Waals surface area contributed by atoms with Crippen LogP contribution in [0.25, 0.3) is 0 Å². The van der Waals surface area contributed by atoms with Gasteiger partial charge in [0.1, 0.15) is 0 Å². The van der Waals surface area contributed by atoms with Crippen molar-refractivity contribution in [3.63, 3.8) is 0 Å². The molecule has 5 amide bonds. The summed E-state index contributed by atoms with van der Waals surface area (Å²) in [4.78, 5) is 75.2. The summed E-state index contributed by atoms with van der Waals surface area (Å²) >= 11 is 0. The van der Waals surface area contributed by atoms with Gasteiger partial charge in [0.05, 0.1) is 271 Å². The Balaban J connectivity index is 1.10. The number of amides is 5. The highest BCUT2D eigenvalue weighted by atomic mass is 16.7. The van der Waals surface area contributed by atoms with E-state index in [0.717, 1.165) is 4.90 Å². The van der Waals surface area contributed by atoms with Gasteiger partial charge in [-0.3, -0.25) is 28.9 Å². The number of nitrogens with zero attached hydrogens (tertiary/aromatic N) is 2. The molecule has 0 radical (unpaired) electrons. The van der Waals surface area contributed by atoms with E-state index < -0.39 is 29.6 Å². The normalized spacial score (nSPS) is 13.4. The molecule has 0 saturated carbocycles. The molecule has 1 N–H and O–H groups in total. The Morgan fingerprint density at radius 1 is 0.310 bits per heavy atom. The highest BCUT2D eigenvalue weighted by Gasteiger charge is 2.32. The number of nitrogens with one attached hydrogen (secondary N) is 1. The van der Waals surface area contributed by atoms with E-state index in [1.807, 2.05) is 0 Å². The van der Waals surface area contributed by atoms with E-state index in [1.165, 1.54) is 12.2 Å². The van der Waals surface area contributed by atoms with Crippen LogP contribution in [0.4, 0.5) is 0 Å². The molecule has 0 bridgehead atoms. The summed E-state index contributed by atoms with van der Waals surface area (Å²) < 4.78 is 109. The minimum Gasteiger partial charge on any atom is -0.378 e. The van der Waals surface area contributed by atoms with Crippen LogP contribution in [0.3, 0.4) is 0 Å². The average Bonchev–Trinajstić information content (AvgIpc) is 4.26. The number of carbonyl (C=O) groups is 6. The third-order valence-corrected chi connectivity index (χ3v) is 10.7. The van der Waals surface area contributed by atoms with Crippen molar-refractivity contribution in [3.05, 3.63) is 12.2 Å². The standard InChI is InChI=1S/C54H95N3O27/c58-49(5-8-56-50(59)1-2-51(56)60)55-7-10-65-12-14-67-16-18-69-20-22-71-24-26-73-28-30-75-32-34-77-36-38-79-40-42-81-44-46-83-48-47-82-45-43-80-41-39-78-37-35-76-33-31-74-29-27-72-25-23-70-21-19-68-17-15-66-13-11-64-9-6-54(63)84-57-52(61)3-4-53(57)62/h1-2H,3-48H2,(H,55,58). The van der Waals surface area contributed by atoms with Gasteiger partial charge >= 0.3 is 5.97 Å². The first-order valence-electron chi connectivity index (χ1n) is 28.8. The Morgan fingerprint density at radius 2 is 0.524 bits per heavy atom. The van der Waals surface area contributed by atoms with E-state index >= 15 is 0 Å². The topological polar surface area (TPSA) is 315 Å². The predicted molar refractivity (Wildman–Crippen MR) is 292 cm³/mol. The average molecular weight is 1220 g/mol. The smallest absolute Gasteiger partial charge is 0.335 e. The van der Waals surface area contributed by atoms with Crippen LogP contribution in [0.2, 0.25) is 0 Å². The Hall–Kier alpha value is -3.84. The number of carbonyl (C=O) groups excluding carboxylic acids is 6. The van der Waals surface area contributed by atoms with E-state index in [0.29, 0.717) is 263 Å². The molecule has 84 heavy (non-hydrogen) atoms. The zero-order valence-corrected chi connectivity index (χ0v) is 49.1. The Kier molecular flexibility index (Phi) is 54.0. The maximum absolute atomic E-state index is 11.8. The molecule has 2 heterocycles. The first-order valence-corrected chi connectivity index (χ1v) is 28.8. The lowest BCUT2D eigenvalue weighted by Gasteiger charge is -2.13. The molecule has 0 aromatic rings. The van der Waals surface area contributed by atoms with E-state index in [-0.39, 0.29) is 51.3 Å². The van der Waals surface area contributed by atoms with Crippen LogP contribution in [0, 0.1) is 0 Å². The van der Waals surface area contributed by atoms with Crippen LogP contribution in [-0.2, 0) is 128 Å². The lowest BCUT2D eigenvalue weighted by molar-refractivity contribution is -0.198. The Bertz CT molecular complexity index is 1610. The van der Waals surface area contributed by atoms with Crippen LogP contribution in [0.1, 0.15) is 25.7 Å². The summed E-state index contributed by atoms with van der Waals surface area (Å²) in [5.41, 5.74) is 0. The van der Waals surface area contributed by atoms with Crippen molar-refractivity contribution in [1.29, 1.82) is 0 Å². The molecule has 488 valence electrons. The zero-order chi connectivity index (χ0) is 60.1. The van der Waals surface area contributed by atoms with Gasteiger partial charge in [0.25, 0.3) is 23.6 Å². The number of rotatable bonds is 67. The molecule has 0 unspecified atom stereocenters. The van der Waals surface area contributed by atoms with Crippen molar-refractivity contribution in [3.8, 4) is 0 Å². The number of hydroxylamine groups is 2. The second kappa shape index (κ2) is 59.5. The first-order chi connectivity index (χ1) is 41.4. The molecule has 30 nitrogen and oxygen atoms in total. The summed E-state index contributed by atoms with van der Waals surface area (Å²) in [5.74, 6) is -2.81. The van der Waals surface area contributed by atoms with Crippen LogP contribution in [-0.4, -0.2) is 323 Å². The fourth-order valence-electron chi connectivity index (χ4n) is 6.46. The summed E-state index contributed by atoms with van der Waals surface area (Å²) in [5, 5.41) is 3.19. The lowest BCUT2D eigenvalue weighted by atomic mass is 10.3. The summed E-state index contributed by atoms with van der Waals surface area (Å²) in [6.07, 6.45) is 2.44. The van der Waals surface area contributed by atoms with Gasteiger partial charge in [-0.1, -0.05) is 0 Å². The van der Waals surface area contributed by atoms with E-state index in [1.54, 1.807) is 0 Å². The first kappa shape index (κ1) is 76.3. The molecular formula is C54H95N3O27. The fourth-order valence-corrected chi connectivity index (χ4v) is 6.46. The van der Waals surface area contributed by atoms with E-state index in [4.69, 9.17) is 99.6 Å². The van der Waals surface area contributed by atoms with Crippen LogP contribution < -0.4 is 5.32 Å². The van der Waals surface area contributed by atoms with Crippen molar-refractivity contribution in [1.82, 2.24) is 15.3 Å². The molecule has 0 aromatic heterocycles. The molecule has 30 heteroatoms. The lowest BCUT2D eigenvalue weighted by Crippen LogP contribution is -2.35. The fraction of sp³-hybridized carbons (Fsp3) is 0.852. The molecule has 2 aliphatic heterocycles. The second-order valence-electron chi connectivity index (χ2n) is 17.3. The van der Waals surface area contributed by atoms with Crippen molar-refractivity contribution in [2.75, 3.05) is 277 Å². The highest BCUT2D eigenvalue weighted by Crippen LogP contribution is 2.12. The largest absolute Gasteiger partial charge is 0.378 e. The summed E-state index contributed by atoms with van der Waals surface area (Å²) in [7, 11) is 0. The third-order valence-electron chi connectivity index (χ3n) is 10.7. The van der Waals surface area contributed by atoms with Crippen LogP contribution in [0.15, 0.2) is 12.2 Å². The zero-order valence-electron chi connectivity index (χ0n) is 49.1. The molecule has 1 fully saturated rings. The third kappa shape index (κ3) is 49.3. The number of ether oxygens (including phenoxy) is 20. The van der Waals surface area contributed by atoms with E-state index in [9.17, 15) is 28.8 Å². The second-order valence-corrected chi connectivity index (χ2v) is 17.3. The van der Waals surface area contributed by atoms with Crippen LogP contribution >= 0.6 is 0 Å². The monoisotopic (exact) mass is 1220 g/mol. The van der Waals surface area contributed by atoms with Gasteiger partial charge in [-0.2, -0.15) is 0 Å². The molecular weight excluding hydrogens is 1120 g/mol. The minimum absolute atomic E-state index is 0.0426. The van der Waals surface area contributed by atoms with Crippen molar-refractivity contribution in [2.24, 2.45) is 0 Å². The maximum atomic E-state index is 11.8. The van der Waals surface area contributed by atoms with Crippen molar-refractivity contribution < 1.29 is 128 Å². The van der Waals surface area contributed by atoms with Crippen molar-refractivity contribution >= 4 is 35.5 Å². The van der Waals surface area contributed by atoms with Crippen LogP contribution in [0.5, 0.6) is 0 Å². The molecule has 0 aliphatic carbocycles. The Labute approximate surface area is 493 Å². The number of hydrogen-bond acceptors (Lipinski definition) is 27. The van der Waals surface area contributed by atoms with Gasteiger partial charge < -0.3 is 105 Å². The SMILES string of the molecule is O=C(CCN1C(=O)C=CC1=O)NCCOCCOCCOCCOCCOCCOCCOCCOCCOCCOCCOCCOCCOCCOCCOCCOCCOCCOCCOCCOCCC(=O)ON1C(=O)CCC1=O. The van der Waals surface area contributed by atoms with Gasteiger partial charge in [0.15, 0.2) is 0 Å². The number of imide groups is 2. The Morgan fingerprint density at radius 3 is 0.762 bits per heavy atom. The maximum Gasteiger partial charge on any atom is 0.335 e. The number of hydrogen-bond donors (Lipinski definition) is 1. The van der Waals surface area contributed by atoms with Crippen molar-refractivity contribution in [2.45, 2.75) is 25.7 Å². The molecule has 0 atom stereocenters. The molecule has 1 saturated heterocycles. The molecule has 0 aromatic carbocycles. The molecule has 0 spiro atoms. The summed E-state index contributed by atoms with van der Waals surface area (Å²) in [6.45, 7) is 17.5. The van der Waals surface area contributed by atoms with E-state index in [2.05, 4.69) is 5.32 Å². The molecule has 2 rings (SSSR count). The minimum atomic E-state index is -0.707. The van der Waals surface area contributed by atoms with Gasteiger partial charge in [-0.15, -0.1) is 5.06 Å². The van der Waals surface area contributed by atoms with Gasteiger partial charge in [0, 0.05) is 44.5 Å². The molecule has 2 aliphatic rings. The van der Waals surface area contributed by atoms with Gasteiger partial charge in [-0.05, 0) is 0 Å². The highest BCUT2D eigenvalue weighted by molar-refractivity contribution is 6.13. The van der Waals surface area contributed by atoms with Gasteiger partial charge in [0.2, 0.25) is 5.91 Å². The predicted octanol–water partition coefficient (Wildman–Crippen LogP) is -1.25. The van der Waals surface area contributed by atoms with Gasteiger partial charge in [-0.25, -0.2) is 4.79 Å². The summed E-state index contributed by atoms with van der Waals surface area (Å²) in [6, 6.07) is 0.